The number of anilines is 1. The number of hydrogen-bond acceptors (Lipinski definition) is 7. The van der Waals surface area contributed by atoms with Crippen molar-refractivity contribution in [3.8, 4) is 10.7 Å². The third-order valence-corrected chi connectivity index (χ3v) is 3.87. The first-order chi connectivity index (χ1) is 8.15. The Morgan fingerprint density at radius 1 is 1.35 bits per heavy atom. The van der Waals surface area contributed by atoms with Crippen molar-refractivity contribution in [2.75, 3.05) is 5.73 Å². The van der Waals surface area contributed by atoms with Gasteiger partial charge in [-0.3, -0.25) is 0 Å². The van der Waals surface area contributed by atoms with Gasteiger partial charge in [0, 0.05) is 11.3 Å². The normalized spacial score (nSPS) is 11.7. The van der Waals surface area contributed by atoms with Gasteiger partial charge in [0.05, 0.1) is 0 Å². The number of nitrogens with two attached hydrogens (primary N) is 1. The Morgan fingerprint density at radius 2 is 2.18 bits per heavy atom. The van der Waals surface area contributed by atoms with Gasteiger partial charge in [0.25, 0.3) is 0 Å². The maximum absolute atomic E-state index is 5.61. The summed E-state index contributed by atoms with van der Waals surface area (Å²) in [5, 5.41) is 16.0. The molecule has 0 fully saturated rings. The SMILES string of the molecule is CC(C)c1nnc2sc(-c3csc(N)n3)nn12. The highest BCUT2D eigenvalue weighted by atomic mass is 32.1. The molecule has 0 bridgehead atoms. The molecule has 0 radical (unpaired) electrons. The van der Waals surface area contributed by atoms with Crippen LogP contribution in [0.25, 0.3) is 15.7 Å². The average molecular weight is 266 g/mol. The zero-order valence-corrected chi connectivity index (χ0v) is 10.9. The fourth-order valence-electron chi connectivity index (χ4n) is 1.48. The topological polar surface area (TPSA) is 82.0 Å². The fourth-order valence-corrected chi connectivity index (χ4v) is 2.91. The van der Waals surface area contributed by atoms with Gasteiger partial charge in [-0.1, -0.05) is 25.2 Å². The Bertz CT molecular complexity index is 664. The van der Waals surface area contributed by atoms with E-state index >= 15 is 0 Å². The number of hydrogen-bond donors (Lipinski definition) is 1. The Hall–Kier alpha value is -1.54. The summed E-state index contributed by atoms with van der Waals surface area (Å²) in [5.41, 5.74) is 6.42. The van der Waals surface area contributed by atoms with Gasteiger partial charge in [-0.2, -0.15) is 9.61 Å². The molecule has 2 N–H and O–H groups in total. The number of nitrogens with zero attached hydrogens (tertiary/aromatic N) is 5. The average Bonchev–Trinajstić information content (AvgIpc) is 2.89. The lowest BCUT2D eigenvalue weighted by Gasteiger charge is -1.97. The van der Waals surface area contributed by atoms with Crippen LogP contribution in [0.3, 0.4) is 0 Å². The van der Waals surface area contributed by atoms with E-state index in [1.54, 1.807) is 4.52 Å². The molecule has 17 heavy (non-hydrogen) atoms. The second-order valence-corrected chi connectivity index (χ2v) is 5.73. The van der Waals surface area contributed by atoms with E-state index in [4.69, 9.17) is 5.73 Å². The van der Waals surface area contributed by atoms with Crippen LogP contribution in [0.4, 0.5) is 5.13 Å². The van der Waals surface area contributed by atoms with Crippen LogP contribution in [0.2, 0.25) is 0 Å². The van der Waals surface area contributed by atoms with E-state index in [1.807, 2.05) is 5.38 Å². The molecule has 0 saturated carbocycles. The summed E-state index contributed by atoms with van der Waals surface area (Å²) >= 11 is 2.88. The van der Waals surface area contributed by atoms with Gasteiger partial charge >= 0.3 is 0 Å². The van der Waals surface area contributed by atoms with Gasteiger partial charge in [-0.05, 0) is 0 Å². The molecule has 3 heterocycles. The van der Waals surface area contributed by atoms with Crippen molar-refractivity contribution in [1.82, 2.24) is 24.8 Å². The molecule has 3 aromatic rings. The van der Waals surface area contributed by atoms with Crippen LogP contribution in [-0.4, -0.2) is 24.8 Å². The molecule has 0 aliphatic rings. The second-order valence-electron chi connectivity index (χ2n) is 3.89. The number of nitrogen functional groups attached to an aromatic ring is 1. The quantitative estimate of drug-likeness (QED) is 0.767. The Kier molecular flexibility index (Phi) is 2.33. The molecule has 0 spiro atoms. The van der Waals surface area contributed by atoms with Crippen molar-refractivity contribution >= 4 is 32.8 Å². The van der Waals surface area contributed by atoms with E-state index < -0.39 is 0 Å². The highest BCUT2D eigenvalue weighted by molar-refractivity contribution is 7.20. The van der Waals surface area contributed by atoms with Crippen molar-refractivity contribution in [2.24, 2.45) is 0 Å². The van der Waals surface area contributed by atoms with Crippen LogP contribution in [-0.2, 0) is 0 Å². The summed E-state index contributed by atoms with van der Waals surface area (Å²) in [5.74, 6) is 1.16. The molecule has 3 rings (SSSR count). The Balaban J connectivity index is 2.14. The van der Waals surface area contributed by atoms with Crippen LogP contribution in [0.15, 0.2) is 5.38 Å². The lowest BCUT2D eigenvalue weighted by atomic mass is 10.2. The molecule has 88 valence electrons. The minimum Gasteiger partial charge on any atom is -0.375 e. The number of fused-ring (bicyclic) bond motifs is 1. The zero-order valence-electron chi connectivity index (χ0n) is 9.28. The molecular weight excluding hydrogens is 256 g/mol. The maximum Gasteiger partial charge on any atom is 0.235 e. The second kappa shape index (κ2) is 3.74. The van der Waals surface area contributed by atoms with Crippen molar-refractivity contribution in [3.63, 3.8) is 0 Å². The van der Waals surface area contributed by atoms with E-state index in [-0.39, 0.29) is 0 Å². The van der Waals surface area contributed by atoms with E-state index in [0.29, 0.717) is 11.0 Å². The summed E-state index contributed by atoms with van der Waals surface area (Å²) in [4.78, 5) is 5.00. The van der Waals surface area contributed by atoms with Crippen molar-refractivity contribution in [1.29, 1.82) is 0 Å². The molecule has 3 aromatic heterocycles. The first-order valence-electron chi connectivity index (χ1n) is 5.08. The summed E-state index contributed by atoms with van der Waals surface area (Å²) in [6.07, 6.45) is 0. The molecule has 0 unspecified atom stereocenters. The van der Waals surface area contributed by atoms with E-state index in [0.717, 1.165) is 21.5 Å². The summed E-state index contributed by atoms with van der Waals surface area (Å²) in [6, 6.07) is 0. The fraction of sp³-hybridized carbons (Fsp3) is 0.333. The standard InChI is InChI=1S/C9H10N6S2/c1-4(2)6-12-13-9-15(6)14-7(17-9)5-3-16-8(10)11-5/h3-4H,1-2H3,(H2,10,11). The lowest BCUT2D eigenvalue weighted by molar-refractivity contribution is 0.726. The van der Waals surface area contributed by atoms with Crippen LogP contribution < -0.4 is 5.73 Å². The van der Waals surface area contributed by atoms with Crippen molar-refractivity contribution in [3.05, 3.63) is 11.2 Å². The molecule has 8 heteroatoms. The number of thiazole rings is 1. The van der Waals surface area contributed by atoms with Gasteiger partial charge in [0.15, 0.2) is 16.0 Å². The van der Waals surface area contributed by atoms with Crippen molar-refractivity contribution < 1.29 is 0 Å². The predicted octanol–water partition coefficient (Wildman–Crippen LogP) is 2.01. The number of aromatic nitrogens is 5. The van der Waals surface area contributed by atoms with Gasteiger partial charge in [-0.15, -0.1) is 21.5 Å². The third-order valence-electron chi connectivity index (χ3n) is 2.27. The molecule has 0 amide bonds. The first-order valence-corrected chi connectivity index (χ1v) is 6.78. The third kappa shape index (κ3) is 1.69. The monoisotopic (exact) mass is 266 g/mol. The predicted molar refractivity (Wildman–Crippen MR) is 68.3 cm³/mol. The van der Waals surface area contributed by atoms with Gasteiger partial charge in [-0.25, -0.2) is 4.98 Å². The minimum absolute atomic E-state index is 0.292. The summed E-state index contributed by atoms with van der Waals surface area (Å²) in [6.45, 7) is 4.13. The molecule has 6 nitrogen and oxygen atoms in total. The highest BCUT2D eigenvalue weighted by Gasteiger charge is 2.16. The van der Waals surface area contributed by atoms with Gasteiger partial charge < -0.3 is 5.73 Å². The van der Waals surface area contributed by atoms with Gasteiger partial charge in [0.1, 0.15) is 5.69 Å². The van der Waals surface area contributed by atoms with Crippen LogP contribution in [0.5, 0.6) is 0 Å². The Morgan fingerprint density at radius 3 is 2.82 bits per heavy atom. The van der Waals surface area contributed by atoms with Gasteiger partial charge in [0.2, 0.25) is 4.96 Å². The minimum atomic E-state index is 0.292. The maximum atomic E-state index is 5.61. The molecular formula is C9H10N6S2. The smallest absolute Gasteiger partial charge is 0.235 e. The van der Waals surface area contributed by atoms with Crippen LogP contribution in [0, 0.1) is 0 Å². The molecule has 0 saturated heterocycles. The van der Waals surface area contributed by atoms with E-state index in [9.17, 15) is 0 Å². The van der Waals surface area contributed by atoms with Crippen LogP contribution >= 0.6 is 22.7 Å². The largest absolute Gasteiger partial charge is 0.375 e. The molecule has 0 aliphatic heterocycles. The number of rotatable bonds is 2. The summed E-state index contributed by atoms with van der Waals surface area (Å²) in [7, 11) is 0. The first kappa shape index (κ1) is 10.6. The molecule has 0 atom stereocenters. The lowest BCUT2D eigenvalue weighted by Crippen LogP contribution is -1.97. The molecule has 0 aromatic carbocycles. The van der Waals surface area contributed by atoms with E-state index in [2.05, 4.69) is 34.1 Å². The van der Waals surface area contributed by atoms with Crippen molar-refractivity contribution in [2.45, 2.75) is 19.8 Å². The summed E-state index contributed by atoms with van der Waals surface area (Å²) < 4.78 is 1.78. The van der Waals surface area contributed by atoms with Crippen LogP contribution in [0.1, 0.15) is 25.6 Å². The zero-order chi connectivity index (χ0) is 12.0. The molecule has 0 aliphatic carbocycles. The Labute approximate surface area is 105 Å². The van der Waals surface area contributed by atoms with E-state index in [1.165, 1.54) is 22.7 Å². The highest BCUT2D eigenvalue weighted by Crippen LogP contribution is 2.28.